The Kier molecular flexibility index (Phi) is 3.84. The summed E-state index contributed by atoms with van der Waals surface area (Å²) in [5.41, 5.74) is 0.762. The minimum absolute atomic E-state index is 0.0770. The van der Waals surface area contributed by atoms with Gasteiger partial charge in [0.25, 0.3) is 0 Å². The van der Waals surface area contributed by atoms with E-state index in [1.165, 1.54) is 12.3 Å². The van der Waals surface area contributed by atoms with E-state index in [4.69, 9.17) is 0 Å². The second kappa shape index (κ2) is 5.40. The number of rotatable bonds is 5. The van der Waals surface area contributed by atoms with Crippen LogP contribution in [0, 0.1) is 0 Å². The summed E-state index contributed by atoms with van der Waals surface area (Å²) in [5, 5.41) is 3.24. The molecule has 2 rings (SSSR count). The Morgan fingerprint density at radius 2 is 2.11 bits per heavy atom. The van der Waals surface area contributed by atoms with Crippen LogP contribution in [0.5, 0.6) is 0 Å². The Morgan fingerprint density at radius 3 is 2.68 bits per heavy atom. The maximum atomic E-state index is 11.3. The Bertz CT molecular complexity index is 647. The summed E-state index contributed by atoms with van der Waals surface area (Å²) in [4.78, 5) is 8.16. The molecule has 0 aliphatic carbocycles. The van der Waals surface area contributed by atoms with Crippen molar-refractivity contribution in [1.82, 2.24) is 14.5 Å². The van der Waals surface area contributed by atoms with Crippen LogP contribution in [0.3, 0.4) is 0 Å². The fourth-order valence-electron chi connectivity index (χ4n) is 1.68. The van der Waals surface area contributed by atoms with Crippen LogP contribution < -0.4 is 5.32 Å². The molecule has 0 atom stereocenters. The highest BCUT2D eigenvalue weighted by Gasteiger charge is 2.08. The molecule has 0 saturated carbocycles. The topological polar surface area (TPSA) is 76.9 Å². The van der Waals surface area contributed by atoms with Gasteiger partial charge in [0.2, 0.25) is 0 Å². The monoisotopic (exact) mass is 280 g/mol. The zero-order chi connectivity index (χ0) is 13.9. The van der Waals surface area contributed by atoms with E-state index in [2.05, 4.69) is 15.3 Å². The zero-order valence-corrected chi connectivity index (χ0v) is 11.7. The van der Waals surface area contributed by atoms with Crippen LogP contribution in [0.4, 0.5) is 5.69 Å². The van der Waals surface area contributed by atoms with Gasteiger partial charge < -0.3 is 9.88 Å². The van der Waals surface area contributed by atoms with Gasteiger partial charge in [-0.2, -0.15) is 0 Å². The van der Waals surface area contributed by atoms with Crippen molar-refractivity contribution >= 4 is 15.5 Å². The summed E-state index contributed by atoms with van der Waals surface area (Å²) < 4.78 is 24.6. The third-order valence-corrected chi connectivity index (χ3v) is 3.71. The van der Waals surface area contributed by atoms with Crippen molar-refractivity contribution in [3.05, 3.63) is 36.5 Å². The molecule has 0 bridgehead atoms. The van der Waals surface area contributed by atoms with E-state index < -0.39 is 9.84 Å². The van der Waals surface area contributed by atoms with Gasteiger partial charge in [0, 0.05) is 25.2 Å². The third kappa shape index (κ3) is 3.31. The predicted octanol–water partition coefficient (Wildman–Crippen LogP) is 1.31. The fourth-order valence-corrected chi connectivity index (χ4v) is 2.24. The number of nitrogens with zero attached hydrogens (tertiary/aromatic N) is 3. The molecule has 0 unspecified atom stereocenters. The molecular formula is C12H16N4O2S. The first-order chi connectivity index (χ1) is 9.00. The summed E-state index contributed by atoms with van der Waals surface area (Å²) in [6, 6.07) is 3.19. The molecule has 19 heavy (non-hydrogen) atoms. The van der Waals surface area contributed by atoms with Gasteiger partial charge in [-0.1, -0.05) is 0 Å². The molecular weight excluding hydrogens is 264 g/mol. The lowest BCUT2D eigenvalue weighted by atomic mass is 10.4. The molecule has 0 saturated heterocycles. The van der Waals surface area contributed by atoms with E-state index in [-0.39, 0.29) is 5.03 Å². The van der Waals surface area contributed by atoms with Gasteiger partial charge in [0.05, 0.1) is 18.4 Å². The molecule has 2 aromatic heterocycles. The van der Waals surface area contributed by atoms with E-state index in [0.29, 0.717) is 6.54 Å². The quantitative estimate of drug-likeness (QED) is 0.893. The lowest BCUT2D eigenvalue weighted by Gasteiger charge is -2.08. The minimum Gasteiger partial charge on any atom is -0.377 e. The first-order valence-corrected chi connectivity index (χ1v) is 7.80. The van der Waals surface area contributed by atoms with Gasteiger partial charge in [-0.15, -0.1) is 0 Å². The minimum atomic E-state index is -3.24. The number of aromatic nitrogens is 3. The Balaban J connectivity index is 2.05. The van der Waals surface area contributed by atoms with E-state index in [9.17, 15) is 8.42 Å². The average molecular weight is 280 g/mol. The lowest BCUT2D eigenvalue weighted by molar-refractivity contribution is 0.598. The Morgan fingerprint density at radius 1 is 1.32 bits per heavy atom. The summed E-state index contributed by atoms with van der Waals surface area (Å²) in [7, 11) is -3.24. The Hall–Kier alpha value is -1.89. The third-order valence-electron chi connectivity index (χ3n) is 2.71. The van der Waals surface area contributed by atoms with Crippen LogP contribution in [0.2, 0.25) is 0 Å². The number of aryl methyl sites for hydroxylation is 1. The van der Waals surface area contributed by atoms with Crippen LogP contribution in [0.1, 0.15) is 12.7 Å². The van der Waals surface area contributed by atoms with Crippen LogP contribution in [0.25, 0.3) is 0 Å². The maximum Gasteiger partial charge on any atom is 0.192 e. The summed E-state index contributed by atoms with van der Waals surface area (Å²) >= 11 is 0. The molecule has 0 fully saturated rings. The van der Waals surface area contributed by atoms with Crippen LogP contribution in [-0.4, -0.2) is 29.2 Å². The first-order valence-electron chi connectivity index (χ1n) is 5.90. The second-order valence-electron chi connectivity index (χ2n) is 4.14. The predicted molar refractivity (Wildman–Crippen MR) is 72.6 cm³/mol. The number of hydrogen-bond acceptors (Lipinski definition) is 5. The molecule has 0 amide bonds. The number of anilines is 1. The van der Waals surface area contributed by atoms with E-state index >= 15 is 0 Å². The zero-order valence-electron chi connectivity index (χ0n) is 10.9. The van der Waals surface area contributed by atoms with Gasteiger partial charge in [0.1, 0.15) is 5.82 Å². The van der Waals surface area contributed by atoms with E-state index in [1.807, 2.05) is 17.7 Å². The number of nitrogens with one attached hydrogen (secondary N) is 1. The summed E-state index contributed by atoms with van der Waals surface area (Å²) in [6.45, 7) is 3.48. The number of sulfone groups is 1. The van der Waals surface area contributed by atoms with Crippen LogP contribution >= 0.6 is 0 Å². The Labute approximate surface area is 112 Å². The molecule has 2 aromatic rings. The van der Waals surface area contributed by atoms with Gasteiger partial charge in [-0.05, 0) is 19.1 Å². The van der Waals surface area contributed by atoms with E-state index in [0.717, 1.165) is 24.3 Å². The average Bonchev–Trinajstić information content (AvgIpc) is 2.83. The molecule has 2 heterocycles. The largest absolute Gasteiger partial charge is 0.377 e. The summed E-state index contributed by atoms with van der Waals surface area (Å²) in [5.74, 6) is 0.926. The second-order valence-corrected chi connectivity index (χ2v) is 6.10. The molecule has 0 aliphatic heterocycles. The van der Waals surface area contributed by atoms with Crippen LogP contribution in [-0.2, 0) is 22.9 Å². The standard InChI is InChI=1S/C12H16N4O2S/c1-3-16-7-6-13-11(16)9-14-10-4-5-12(15-8-10)19(2,17)18/h4-8,14H,3,9H2,1-2H3. The molecule has 0 aliphatic rings. The van der Waals surface area contributed by atoms with Gasteiger partial charge in [-0.3, -0.25) is 0 Å². The van der Waals surface area contributed by atoms with Crippen molar-refractivity contribution in [3.63, 3.8) is 0 Å². The van der Waals surface area contributed by atoms with Gasteiger partial charge in [-0.25, -0.2) is 18.4 Å². The van der Waals surface area contributed by atoms with Crippen LogP contribution in [0.15, 0.2) is 35.7 Å². The van der Waals surface area contributed by atoms with Crippen molar-refractivity contribution in [2.24, 2.45) is 0 Å². The van der Waals surface area contributed by atoms with Gasteiger partial charge >= 0.3 is 0 Å². The summed E-state index contributed by atoms with van der Waals surface area (Å²) in [6.07, 6.45) is 6.32. The van der Waals surface area contributed by atoms with Gasteiger partial charge in [0.15, 0.2) is 14.9 Å². The molecule has 102 valence electrons. The first kappa shape index (κ1) is 13.5. The molecule has 7 heteroatoms. The highest BCUT2D eigenvalue weighted by atomic mass is 32.2. The van der Waals surface area contributed by atoms with Crippen molar-refractivity contribution in [2.45, 2.75) is 25.0 Å². The molecule has 0 spiro atoms. The lowest BCUT2D eigenvalue weighted by Crippen LogP contribution is -2.08. The maximum absolute atomic E-state index is 11.3. The number of hydrogen-bond donors (Lipinski definition) is 1. The molecule has 1 N–H and O–H groups in total. The van der Waals surface area contributed by atoms with Crippen molar-refractivity contribution in [2.75, 3.05) is 11.6 Å². The van der Waals surface area contributed by atoms with Crippen molar-refractivity contribution in [3.8, 4) is 0 Å². The highest BCUT2D eigenvalue weighted by molar-refractivity contribution is 7.90. The number of pyridine rings is 1. The highest BCUT2D eigenvalue weighted by Crippen LogP contribution is 2.11. The molecule has 0 aromatic carbocycles. The van der Waals surface area contributed by atoms with E-state index in [1.54, 1.807) is 12.3 Å². The molecule has 6 nitrogen and oxygen atoms in total. The smallest absolute Gasteiger partial charge is 0.192 e. The van der Waals surface area contributed by atoms with Crippen molar-refractivity contribution < 1.29 is 8.42 Å². The molecule has 0 radical (unpaired) electrons. The number of imidazole rings is 1. The SMILES string of the molecule is CCn1ccnc1CNc1ccc(S(C)(=O)=O)nc1. The fraction of sp³-hybridized carbons (Fsp3) is 0.333. The normalized spacial score (nSPS) is 11.5. The van der Waals surface area contributed by atoms with Crippen molar-refractivity contribution in [1.29, 1.82) is 0 Å².